The van der Waals surface area contributed by atoms with Gasteiger partial charge in [0.25, 0.3) is 5.91 Å². The zero-order valence-electron chi connectivity index (χ0n) is 24.3. The molecular weight excluding hydrogens is 612 g/mol. The van der Waals surface area contributed by atoms with Crippen LogP contribution >= 0.6 is 15.9 Å². The van der Waals surface area contributed by atoms with Crippen LogP contribution in [-0.2, 0) is 4.74 Å². The van der Waals surface area contributed by atoms with Crippen molar-refractivity contribution < 1.29 is 38.1 Å². The Hall–Kier alpha value is -4.39. The highest BCUT2D eigenvalue weighted by Gasteiger charge is 2.38. The second-order valence-corrected chi connectivity index (χ2v) is 10.6. The van der Waals surface area contributed by atoms with Crippen LogP contribution in [0.1, 0.15) is 38.0 Å². The Morgan fingerprint density at radius 3 is 2.29 bits per heavy atom. The number of nitrogens with one attached hydrogen (secondary N) is 2. The number of carbonyl (C=O) groups excluding carboxylic acids is 3. The van der Waals surface area contributed by atoms with Gasteiger partial charge in [-0.05, 0) is 24.6 Å². The first-order chi connectivity index (χ1) is 20.1. The van der Waals surface area contributed by atoms with Crippen LogP contribution < -0.4 is 23.8 Å². The number of aryl methyl sites for hydroxylation is 1. The fourth-order valence-electron chi connectivity index (χ4n) is 5.47. The standard InChI is InChI=1S/C29H31BrN4O8/c1-13-20(28(36)41-7)22-21-15(11-30)12-34(17(21)10-18(24(22)31-13)42-29(37)33(2)3)27(35)16-8-14-9-19(38-4)25(39-5)26(40-6)23(14)32-16/h8-10,15,31-32H,11-12H2,1-7H3/t15-/m1/s1. The lowest BCUT2D eigenvalue weighted by molar-refractivity contribution is 0.0602. The number of hydrogen-bond acceptors (Lipinski definition) is 8. The van der Waals surface area contributed by atoms with Crippen LogP contribution in [0, 0.1) is 6.92 Å². The third-order valence-electron chi connectivity index (χ3n) is 7.38. The van der Waals surface area contributed by atoms with Crippen LogP contribution in [0.5, 0.6) is 23.0 Å². The molecule has 13 heteroatoms. The number of amides is 2. The summed E-state index contributed by atoms with van der Waals surface area (Å²) in [5.41, 5.74) is 3.49. The zero-order valence-corrected chi connectivity index (χ0v) is 25.8. The minimum atomic E-state index is -0.610. The molecule has 42 heavy (non-hydrogen) atoms. The van der Waals surface area contributed by atoms with E-state index in [9.17, 15) is 14.4 Å². The number of anilines is 1. The number of halogens is 1. The van der Waals surface area contributed by atoms with Crippen molar-refractivity contribution in [2.75, 3.05) is 59.3 Å². The molecule has 0 aliphatic carbocycles. The Morgan fingerprint density at radius 1 is 0.976 bits per heavy atom. The molecule has 2 aromatic carbocycles. The fraction of sp³-hybridized carbons (Fsp3) is 0.345. The van der Waals surface area contributed by atoms with Gasteiger partial charge in [-0.1, -0.05) is 15.9 Å². The van der Waals surface area contributed by atoms with E-state index in [1.165, 1.54) is 33.3 Å². The lowest BCUT2D eigenvalue weighted by Gasteiger charge is -2.19. The van der Waals surface area contributed by atoms with Crippen molar-refractivity contribution in [2.24, 2.45) is 0 Å². The van der Waals surface area contributed by atoms with Gasteiger partial charge in [0.2, 0.25) is 5.75 Å². The molecule has 0 saturated carbocycles. The van der Waals surface area contributed by atoms with Gasteiger partial charge < -0.3 is 43.5 Å². The summed E-state index contributed by atoms with van der Waals surface area (Å²) in [7, 11) is 8.99. The van der Waals surface area contributed by atoms with E-state index in [4.69, 9.17) is 23.7 Å². The number of nitrogens with zero attached hydrogens (tertiary/aromatic N) is 2. The van der Waals surface area contributed by atoms with Crippen molar-refractivity contribution in [1.82, 2.24) is 14.9 Å². The predicted octanol–water partition coefficient (Wildman–Crippen LogP) is 4.97. The van der Waals surface area contributed by atoms with Gasteiger partial charge >= 0.3 is 12.1 Å². The van der Waals surface area contributed by atoms with Crippen molar-refractivity contribution >= 4 is 61.4 Å². The summed E-state index contributed by atoms with van der Waals surface area (Å²) in [6.07, 6.45) is -0.610. The molecule has 0 spiro atoms. The summed E-state index contributed by atoms with van der Waals surface area (Å²) < 4.78 is 27.4. The summed E-state index contributed by atoms with van der Waals surface area (Å²) in [5.74, 6) is 0.388. The molecule has 0 fully saturated rings. The highest BCUT2D eigenvalue weighted by atomic mass is 79.9. The Morgan fingerprint density at radius 2 is 1.69 bits per heavy atom. The van der Waals surface area contributed by atoms with E-state index >= 15 is 0 Å². The predicted molar refractivity (Wildman–Crippen MR) is 160 cm³/mol. The molecule has 3 heterocycles. The third-order valence-corrected chi connectivity index (χ3v) is 8.16. The number of rotatable bonds is 7. The third kappa shape index (κ3) is 4.48. The lowest BCUT2D eigenvalue weighted by Crippen LogP contribution is -2.30. The second kappa shape index (κ2) is 11.1. The van der Waals surface area contributed by atoms with E-state index in [-0.39, 0.29) is 17.6 Å². The molecular formula is C29H31BrN4O8. The molecule has 0 saturated heterocycles. The first-order valence-electron chi connectivity index (χ1n) is 13.0. The van der Waals surface area contributed by atoms with Gasteiger partial charge in [0.05, 0.1) is 50.7 Å². The molecule has 1 atom stereocenters. The van der Waals surface area contributed by atoms with Crippen LogP contribution in [0.4, 0.5) is 10.5 Å². The highest BCUT2D eigenvalue weighted by Crippen LogP contribution is 2.49. The van der Waals surface area contributed by atoms with Gasteiger partial charge in [-0.3, -0.25) is 4.79 Å². The number of carbonyl (C=O) groups is 3. The van der Waals surface area contributed by atoms with E-state index in [1.54, 1.807) is 44.1 Å². The molecule has 5 rings (SSSR count). The van der Waals surface area contributed by atoms with Gasteiger partial charge in [0, 0.05) is 54.4 Å². The number of alkyl halides is 1. The smallest absolute Gasteiger partial charge is 0.414 e. The average Bonchev–Trinajstić information content (AvgIpc) is 3.67. The van der Waals surface area contributed by atoms with Gasteiger partial charge in [0.1, 0.15) is 5.69 Å². The number of aromatic nitrogens is 2. The van der Waals surface area contributed by atoms with Crippen molar-refractivity contribution in [3.63, 3.8) is 0 Å². The number of esters is 1. The van der Waals surface area contributed by atoms with Crippen molar-refractivity contribution in [3.05, 3.63) is 40.7 Å². The topological polar surface area (TPSA) is 135 Å². The van der Waals surface area contributed by atoms with Crippen LogP contribution in [0.25, 0.3) is 21.8 Å². The molecule has 2 N–H and O–H groups in total. The first-order valence-corrected chi connectivity index (χ1v) is 14.1. The van der Waals surface area contributed by atoms with Gasteiger partial charge in [-0.2, -0.15) is 0 Å². The van der Waals surface area contributed by atoms with Gasteiger partial charge in [-0.25, -0.2) is 9.59 Å². The van der Waals surface area contributed by atoms with E-state index in [0.29, 0.717) is 73.6 Å². The quantitative estimate of drug-likeness (QED) is 0.213. The summed E-state index contributed by atoms with van der Waals surface area (Å²) in [6, 6.07) is 5.14. The van der Waals surface area contributed by atoms with E-state index in [0.717, 1.165) is 5.56 Å². The second-order valence-electron chi connectivity index (χ2n) is 10.00. The normalized spacial score (nSPS) is 14.2. The molecule has 1 aliphatic rings. The number of methoxy groups -OCH3 is 4. The van der Waals surface area contributed by atoms with E-state index in [1.807, 2.05) is 0 Å². The van der Waals surface area contributed by atoms with Gasteiger partial charge in [0.15, 0.2) is 17.2 Å². The number of aromatic amines is 2. The Bertz CT molecular complexity index is 1740. The minimum Gasteiger partial charge on any atom is -0.493 e. The Balaban J connectivity index is 1.72. The SMILES string of the molecule is COC(=O)c1c(C)[nH]c2c(OC(=O)N(C)C)cc3c(c12)[C@H](CBr)CN3C(=O)c1cc2cc(OC)c(OC)c(OC)c2[nH]1. The minimum absolute atomic E-state index is 0.178. The largest absolute Gasteiger partial charge is 0.493 e. The number of hydrogen-bond donors (Lipinski definition) is 2. The fourth-order valence-corrected chi connectivity index (χ4v) is 6.00. The number of fused-ring (bicyclic) bond motifs is 4. The maximum absolute atomic E-state index is 14.2. The van der Waals surface area contributed by atoms with Crippen LogP contribution in [-0.4, -0.2) is 87.2 Å². The maximum atomic E-state index is 14.2. The molecule has 2 amide bonds. The van der Waals surface area contributed by atoms with Crippen LogP contribution in [0.15, 0.2) is 18.2 Å². The average molecular weight is 643 g/mol. The Labute approximate surface area is 249 Å². The molecule has 12 nitrogen and oxygen atoms in total. The molecule has 1 aliphatic heterocycles. The summed E-state index contributed by atoms with van der Waals surface area (Å²) in [4.78, 5) is 49.1. The first kappa shape index (κ1) is 29.1. The van der Waals surface area contributed by atoms with Crippen molar-refractivity contribution in [1.29, 1.82) is 0 Å². The summed E-state index contributed by atoms with van der Waals surface area (Å²) in [5, 5.41) is 1.75. The van der Waals surface area contributed by atoms with E-state index in [2.05, 4.69) is 25.9 Å². The molecule has 222 valence electrons. The number of benzene rings is 2. The molecule has 4 aromatic rings. The molecule has 0 unspecified atom stereocenters. The molecule has 2 aromatic heterocycles. The molecule has 0 radical (unpaired) electrons. The lowest BCUT2D eigenvalue weighted by atomic mass is 9.95. The zero-order chi connectivity index (χ0) is 30.5. The monoisotopic (exact) mass is 642 g/mol. The number of H-pyrrole nitrogens is 2. The summed E-state index contributed by atoms with van der Waals surface area (Å²) >= 11 is 3.60. The van der Waals surface area contributed by atoms with Crippen LogP contribution in [0.2, 0.25) is 0 Å². The van der Waals surface area contributed by atoms with E-state index < -0.39 is 12.1 Å². The van der Waals surface area contributed by atoms with Crippen molar-refractivity contribution in [2.45, 2.75) is 12.8 Å². The molecule has 0 bridgehead atoms. The summed E-state index contributed by atoms with van der Waals surface area (Å²) in [6.45, 7) is 2.06. The Kier molecular flexibility index (Phi) is 7.71. The van der Waals surface area contributed by atoms with Crippen LogP contribution in [0.3, 0.4) is 0 Å². The van der Waals surface area contributed by atoms with Crippen molar-refractivity contribution in [3.8, 4) is 23.0 Å². The maximum Gasteiger partial charge on any atom is 0.414 e. The number of ether oxygens (including phenoxy) is 5. The van der Waals surface area contributed by atoms with Gasteiger partial charge in [-0.15, -0.1) is 0 Å². The highest BCUT2D eigenvalue weighted by molar-refractivity contribution is 9.09.